The van der Waals surface area contributed by atoms with Crippen LogP contribution in [0.1, 0.15) is 29.3 Å². The molecule has 21 heavy (non-hydrogen) atoms. The van der Waals surface area contributed by atoms with E-state index < -0.39 is 0 Å². The number of nitrogens with zero attached hydrogens (tertiary/aromatic N) is 2. The molecule has 0 spiro atoms. The zero-order valence-electron chi connectivity index (χ0n) is 11.7. The third kappa shape index (κ3) is 2.24. The number of rotatable bonds is 2. The van der Waals surface area contributed by atoms with Gasteiger partial charge in [-0.3, -0.25) is 4.98 Å². The van der Waals surface area contributed by atoms with E-state index in [4.69, 9.17) is 10.7 Å². The number of nitrogens with two attached hydrogens (primary N) is 1. The van der Waals surface area contributed by atoms with Crippen LogP contribution in [0.3, 0.4) is 0 Å². The van der Waals surface area contributed by atoms with Crippen molar-refractivity contribution in [3.05, 3.63) is 47.1 Å². The molecule has 2 N–H and O–H groups in total. The summed E-state index contributed by atoms with van der Waals surface area (Å²) in [5.74, 6) is 0.445. The largest absolute Gasteiger partial charge is 0.330 e. The van der Waals surface area contributed by atoms with E-state index in [9.17, 15) is 0 Å². The van der Waals surface area contributed by atoms with Crippen LogP contribution < -0.4 is 5.73 Å². The van der Waals surface area contributed by atoms with Crippen molar-refractivity contribution >= 4 is 22.2 Å². The van der Waals surface area contributed by atoms with Gasteiger partial charge in [-0.15, -0.1) is 11.3 Å². The lowest BCUT2D eigenvalue weighted by molar-refractivity contribution is 0.554. The van der Waals surface area contributed by atoms with Gasteiger partial charge in [0.2, 0.25) is 0 Å². The highest BCUT2D eigenvalue weighted by Gasteiger charge is 2.24. The van der Waals surface area contributed by atoms with Crippen molar-refractivity contribution in [3.63, 3.8) is 0 Å². The van der Waals surface area contributed by atoms with Gasteiger partial charge in [0.25, 0.3) is 0 Å². The molecule has 2 aromatic heterocycles. The average molecular weight is 295 g/mol. The number of hydrogen-bond donors (Lipinski definition) is 1. The third-order valence-electron chi connectivity index (χ3n) is 4.21. The van der Waals surface area contributed by atoms with E-state index in [2.05, 4.69) is 29.2 Å². The Kier molecular flexibility index (Phi) is 3.20. The summed E-state index contributed by atoms with van der Waals surface area (Å²) in [6.07, 6.45) is 5.39. The fraction of sp³-hybridized carbons (Fsp3) is 0.294. The van der Waals surface area contributed by atoms with Crippen molar-refractivity contribution in [2.75, 3.05) is 6.54 Å². The Hall–Kier alpha value is -1.78. The monoisotopic (exact) mass is 295 g/mol. The Labute approximate surface area is 127 Å². The van der Waals surface area contributed by atoms with E-state index >= 15 is 0 Å². The number of hydrogen-bond acceptors (Lipinski definition) is 4. The van der Waals surface area contributed by atoms with Gasteiger partial charge in [-0.25, -0.2) is 4.98 Å². The van der Waals surface area contributed by atoms with Gasteiger partial charge >= 0.3 is 0 Å². The van der Waals surface area contributed by atoms with Crippen LogP contribution in [0.5, 0.6) is 0 Å². The van der Waals surface area contributed by atoms with Crippen LogP contribution in [0.25, 0.3) is 21.5 Å². The Morgan fingerprint density at radius 3 is 3.14 bits per heavy atom. The minimum atomic E-state index is 0.445. The van der Waals surface area contributed by atoms with Gasteiger partial charge in [0.15, 0.2) is 0 Å². The van der Waals surface area contributed by atoms with Gasteiger partial charge in [-0.2, -0.15) is 0 Å². The second-order valence-electron chi connectivity index (χ2n) is 5.56. The molecule has 0 saturated heterocycles. The molecule has 0 bridgehead atoms. The van der Waals surface area contributed by atoms with E-state index in [0.29, 0.717) is 12.5 Å². The maximum Gasteiger partial charge on any atom is 0.123 e. The van der Waals surface area contributed by atoms with Crippen LogP contribution in [0.4, 0.5) is 0 Å². The summed E-state index contributed by atoms with van der Waals surface area (Å²) in [5.41, 5.74) is 9.36. The summed E-state index contributed by atoms with van der Waals surface area (Å²) in [4.78, 5) is 10.7. The molecule has 1 atom stereocenters. The van der Waals surface area contributed by atoms with Gasteiger partial charge in [0.05, 0.1) is 11.2 Å². The zero-order chi connectivity index (χ0) is 14.2. The van der Waals surface area contributed by atoms with Crippen LogP contribution in [0.2, 0.25) is 0 Å². The Morgan fingerprint density at radius 2 is 2.24 bits per heavy atom. The fourth-order valence-corrected chi connectivity index (χ4v) is 4.25. The predicted molar refractivity (Wildman–Crippen MR) is 87.6 cm³/mol. The molecule has 4 heteroatoms. The van der Waals surface area contributed by atoms with E-state index in [1.54, 1.807) is 0 Å². The third-order valence-corrected chi connectivity index (χ3v) is 5.39. The minimum absolute atomic E-state index is 0.445. The first-order valence-electron chi connectivity index (χ1n) is 7.40. The standard InChI is InChI=1S/C17H17N3S/c18-10-13-3-1-5-15-16(13)20-17(21-15)12-6-7-14-11(9-12)4-2-8-19-14/h2,4,6-9,13H,1,3,5,10,18H2. The molecule has 1 aromatic carbocycles. The lowest BCUT2D eigenvalue weighted by atomic mass is 9.91. The number of pyridine rings is 1. The van der Waals surface area contributed by atoms with Crippen molar-refractivity contribution < 1.29 is 0 Å². The van der Waals surface area contributed by atoms with Crippen molar-refractivity contribution in [2.45, 2.75) is 25.2 Å². The summed E-state index contributed by atoms with van der Waals surface area (Å²) in [6.45, 7) is 0.706. The smallest absolute Gasteiger partial charge is 0.123 e. The molecule has 2 heterocycles. The first-order valence-corrected chi connectivity index (χ1v) is 8.21. The van der Waals surface area contributed by atoms with Crippen molar-refractivity contribution in [2.24, 2.45) is 5.73 Å². The van der Waals surface area contributed by atoms with Gasteiger partial charge in [0, 0.05) is 34.5 Å². The highest BCUT2D eigenvalue weighted by atomic mass is 32.1. The van der Waals surface area contributed by atoms with E-state index in [1.807, 2.05) is 23.6 Å². The van der Waals surface area contributed by atoms with Crippen molar-refractivity contribution in [1.29, 1.82) is 0 Å². The molecule has 1 aliphatic rings. The number of benzene rings is 1. The SMILES string of the molecule is NCC1CCCc2sc(-c3ccc4ncccc4c3)nc21. The molecule has 0 saturated carbocycles. The molecule has 0 amide bonds. The molecule has 1 aliphatic carbocycles. The molecule has 3 aromatic rings. The number of aromatic nitrogens is 2. The van der Waals surface area contributed by atoms with Crippen LogP contribution in [-0.4, -0.2) is 16.5 Å². The summed E-state index contributed by atoms with van der Waals surface area (Å²) < 4.78 is 0. The van der Waals surface area contributed by atoms with Gasteiger partial charge in [0.1, 0.15) is 5.01 Å². The summed E-state index contributed by atoms with van der Waals surface area (Å²) in [7, 11) is 0. The van der Waals surface area contributed by atoms with Gasteiger partial charge in [-0.05, 0) is 43.5 Å². The number of thiazole rings is 1. The maximum absolute atomic E-state index is 5.90. The first-order chi connectivity index (χ1) is 10.3. The van der Waals surface area contributed by atoms with Crippen molar-refractivity contribution in [1.82, 2.24) is 9.97 Å². The summed E-state index contributed by atoms with van der Waals surface area (Å²) >= 11 is 1.83. The van der Waals surface area contributed by atoms with Gasteiger partial charge < -0.3 is 5.73 Å². The lowest BCUT2D eigenvalue weighted by Crippen LogP contribution is -2.17. The first kappa shape index (κ1) is 12.9. The molecule has 0 aliphatic heterocycles. The normalized spacial score (nSPS) is 17.9. The highest BCUT2D eigenvalue weighted by molar-refractivity contribution is 7.15. The predicted octanol–water partition coefficient (Wildman–Crippen LogP) is 3.74. The topological polar surface area (TPSA) is 51.8 Å². The van der Waals surface area contributed by atoms with Crippen molar-refractivity contribution in [3.8, 4) is 10.6 Å². The Bertz CT molecular complexity index is 794. The summed E-state index contributed by atoms with van der Waals surface area (Å²) in [6, 6.07) is 10.5. The molecule has 1 unspecified atom stereocenters. The second kappa shape index (κ2) is 5.20. The lowest BCUT2D eigenvalue weighted by Gasteiger charge is -2.18. The molecule has 4 rings (SSSR count). The van der Waals surface area contributed by atoms with Crippen LogP contribution >= 0.6 is 11.3 Å². The quantitative estimate of drug-likeness (QED) is 0.783. The summed E-state index contributed by atoms with van der Waals surface area (Å²) in [5, 5.41) is 2.28. The van der Waals surface area contributed by atoms with E-state index in [-0.39, 0.29) is 0 Å². The van der Waals surface area contributed by atoms with Crippen LogP contribution in [-0.2, 0) is 6.42 Å². The second-order valence-corrected chi connectivity index (χ2v) is 6.65. The molecular weight excluding hydrogens is 278 g/mol. The van der Waals surface area contributed by atoms with Gasteiger partial charge in [-0.1, -0.05) is 6.07 Å². The molecule has 0 radical (unpaired) electrons. The van der Waals surface area contributed by atoms with E-state index in [1.165, 1.54) is 34.4 Å². The molecule has 3 nitrogen and oxygen atoms in total. The average Bonchev–Trinajstić information content (AvgIpc) is 2.98. The number of aryl methyl sites for hydroxylation is 1. The highest BCUT2D eigenvalue weighted by Crippen LogP contribution is 2.38. The molecule has 0 fully saturated rings. The van der Waals surface area contributed by atoms with Crippen LogP contribution in [0.15, 0.2) is 36.5 Å². The number of fused-ring (bicyclic) bond motifs is 2. The fourth-order valence-electron chi connectivity index (χ4n) is 3.07. The zero-order valence-corrected chi connectivity index (χ0v) is 12.6. The molecule has 106 valence electrons. The maximum atomic E-state index is 5.90. The Morgan fingerprint density at radius 1 is 1.29 bits per heavy atom. The Balaban J connectivity index is 1.80. The van der Waals surface area contributed by atoms with E-state index in [0.717, 1.165) is 16.9 Å². The molecular formula is C17H17N3S. The van der Waals surface area contributed by atoms with Crippen LogP contribution in [0, 0.1) is 0 Å². The minimum Gasteiger partial charge on any atom is -0.330 e.